The Kier molecular flexibility index (Phi) is 5.41. The van der Waals surface area contributed by atoms with Crippen LogP contribution in [0.25, 0.3) is 0 Å². The maximum absolute atomic E-state index is 14.6. The van der Waals surface area contributed by atoms with Crippen LogP contribution in [-0.4, -0.2) is 57.4 Å². The SMILES string of the molecule is CO/N=C1\N=CCc2c1c(F)cn2[C@@H]1OC([C@H](O)c2ccc(Cl)cc2)[C@@H](O)[C@H]1O. The molecule has 3 N–H and O–H groups in total. The van der Waals surface area contributed by atoms with E-state index in [1.54, 1.807) is 24.3 Å². The van der Waals surface area contributed by atoms with Gasteiger partial charge in [-0.1, -0.05) is 28.9 Å². The number of amidine groups is 1. The van der Waals surface area contributed by atoms with Crippen molar-refractivity contribution in [3.8, 4) is 0 Å². The molecule has 1 fully saturated rings. The first-order valence-corrected chi connectivity index (χ1v) is 9.28. The number of aliphatic imine (C=N–C) groups is 1. The Hall–Kier alpha value is -2.30. The molecule has 2 aromatic rings. The zero-order chi connectivity index (χ0) is 20.7. The van der Waals surface area contributed by atoms with Gasteiger partial charge in [0.2, 0.25) is 5.84 Å². The van der Waals surface area contributed by atoms with Gasteiger partial charge < -0.3 is 29.5 Å². The third-order valence-electron chi connectivity index (χ3n) is 5.06. The molecule has 10 heteroatoms. The molecule has 0 radical (unpaired) electrons. The molecule has 2 aliphatic rings. The fourth-order valence-corrected chi connectivity index (χ4v) is 3.79. The summed E-state index contributed by atoms with van der Waals surface area (Å²) in [4.78, 5) is 8.74. The molecule has 1 unspecified atom stereocenters. The van der Waals surface area contributed by atoms with E-state index in [0.717, 1.165) is 6.20 Å². The van der Waals surface area contributed by atoms with Crippen molar-refractivity contribution in [3.05, 3.63) is 58.1 Å². The van der Waals surface area contributed by atoms with Crippen LogP contribution >= 0.6 is 11.6 Å². The number of ether oxygens (including phenoxy) is 1. The van der Waals surface area contributed by atoms with Gasteiger partial charge in [-0.3, -0.25) is 0 Å². The predicted octanol–water partition coefficient (Wildman–Crippen LogP) is 1.57. The molecule has 1 aromatic carbocycles. The Balaban J connectivity index is 1.65. The summed E-state index contributed by atoms with van der Waals surface area (Å²) >= 11 is 5.86. The minimum atomic E-state index is -1.39. The third-order valence-corrected chi connectivity index (χ3v) is 5.32. The van der Waals surface area contributed by atoms with Gasteiger partial charge in [-0.2, -0.15) is 0 Å². The number of aromatic nitrogens is 1. The van der Waals surface area contributed by atoms with Crippen molar-refractivity contribution >= 4 is 23.7 Å². The summed E-state index contributed by atoms with van der Waals surface area (Å²) in [6.45, 7) is 0. The van der Waals surface area contributed by atoms with Gasteiger partial charge in [-0.15, -0.1) is 0 Å². The largest absolute Gasteiger partial charge is 0.397 e. The van der Waals surface area contributed by atoms with Crippen LogP contribution in [0.3, 0.4) is 0 Å². The smallest absolute Gasteiger partial charge is 0.203 e. The highest BCUT2D eigenvalue weighted by Gasteiger charge is 2.48. The molecule has 0 amide bonds. The maximum atomic E-state index is 14.6. The second-order valence-corrected chi connectivity index (χ2v) is 7.22. The van der Waals surface area contributed by atoms with Gasteiger partial charge in [0.15, 0.2) is 12.0 Å². The number of aliphatic hydroxyl groups is 3. The summed E-state index contributed by atoms with van der Waals surface area (Å²) in [6, 6.07) is 6.40. The van der Waals surface area contributed by atoms with E-state index in [1.807, 2.05) is 0 Å². The molecular formula is C19H19ClFN3O5. The van der Waals surface area contributed by atoms with E-state index in [4.69, 9.17) is 21.2 Å². The maximum Gasteiger partial charge on any atom is 0.203 e. The summed E-state index contributed by atoms with van der Waals surface area (Å²) < 4.78 is 21.8. The molecule has 0 aliphatic carbocycles. The Labute approximate surface area is 170 Å². The van der Waals surface area contributed by atoms with Crippen LogP contribution in [0.1, 0.15) is 29.2 Å². The van der Waals surface area contributed by atoms with E-state index in [1.165, 1.54) is 17.9 Å². The van der Waals surface area contributed by atoms with Gasteiger partial charge in [0.25, 0.3) is 0 Å². The number of rotatable bonds is 4. The molecule has 4 rings (SSSR count). The first-order valence-electron chi connectivity index (χ1n) is 8.90. The van der Waals surface area contributed by atoms with Crippen LogP contribution < -0.4 is 0 Å². The van der Waals surface area contributed by atoms with Gasteiger partial charge in [-0.05, 0) is 17.7 Å². The zero-order valence-corrected chi connectivity index (χ0v) is 16.1. The molecule has 154 valence electrons. The zero-order valence-electron chi connectivity index (χ0n) is 15.3. The lowest BCUT2D eigenvalue weighted by Gasteiger charge is -2.22. The molecule has 0 bridgehead atoms. The van der Waals surface area contributed by atoms with E-state index in [9.17, 15) is 19.7 Å². The highest BCUT2D eigenvalue weighted by molar-refractivity contribution is 6.30. The van der Waals surface area contributed by atoms with Crippen LogP contribution in [0.4, 0.5) is 4.39 Å². The van der Waals surface area contributed by atoms with E-state index in [0.29, 0.717) is 16.3 Å². The number of fused-ring (bicyclic) bond motifs is 1. The van der Waals surface area contributed by atoms with E-state index in [2.05, 4.69) is 10.1 Å². The molecule has 3 heterocycles. The molecular weight excluding hydrogens is 405 g/mol. The van der Waals surface area contributed by atoms with Crippen molar-refractivity contribution in [2.75, 3.05) is 7.11 Å². The normalized spacial score (nSPS) is 28.6. The summed E-state index contributed by atoms with van der Waals surface area (Å²) in [7, 11) is 1.33. The second kappa shape index (κ2) is 7.85. The average molecular weight is 424 g/mol. The number of hydrogen-bond donors (Lipinski definition) is 3. The van der Waals surface area contributed by atoms with Gasteiger partial charge in [0, 0.05) is 29.5 Å². The summed E-state index contributed by atoms with van der Waals surface area (Å²) in [5, 5.41) is 35.9. The Bertz CT molecular complexity index is 961. The molecule has 0 spiro atoms. The fraction of sp³-hybridized carbons (Fsp3) is 0.368. The number of nitrogens with zero attached hydrogens (tertiary/aromatic N) is 3. The topological polar surface area (TPSA) is 109 Å². The van der Waals surface area contributed by atoms with Crippen molar-refractivity contribution in [2.24, 2.45) is 10.1 Å². The molecule has 2 aliphatic heterocycles. The molecule has 1 aromatic heterocycles. The Morgan fingerprint density at radius 3 is 2.72 bits per heavy atom. The number of benzene rings is 1. The lowest BCUT2D eigenvalue weighted by molar-refractivity contribution is -0.0865. The van der Waals surface area contributed by atoms with Gasteiger partial charge >= 0.3 is 0 Å². The number of hydrogen-bond acceptors (Lipinski definition) is 6. The van der Waals surface area contributed by atoms with Crippen molar-refractivity contribution < 1.29 is 29.3 Å². The van der Waals surface area contributed by atoms with Crippen molar-refractivity contribution in [1.29, 1.82) is 0 Å². The summed E-state index contributed by atoms with van der Waals surface area (Å²) in [5.74, 6) is -0.546. The molecule has 1 saturated heterocycles. The molecule has 8 nitrogen and oxygen atoms in total. The van der Waals surface area contributed by atoms with Gasteiger partial charge in [0.05, 0.1) is 5.56 Å². The minimum Gasteiger partial charge on any atom is -0.397 e. The number of halogens is 2. The third kappa shape index (κ3) is 3.45. The standard InChI is InChI=1S/C19H19ClFN3O5/c1-28-23-18-13-11(21)8-24(12(13)6-7-22-18)19-16(27)15(26)17(29-19)14(25)9-2-4-10(20)5-3-9/h2-5,7-8,14-17,19,25-27H,6H2,1H3/b23-18-/t14-,15+,16-,17?,19-/m1/s1. The fourth-order valence-electron chi connectivity index (χ4n) is 3.67. The predicted molar refractivity (Wildman–Crippen MR) is 102 cm³/mol. The van der Waals surface area contributed by atoms with Crippen LogP contribution in [-0.2, 0) is 16.0 Å². The number of oxime groups is 1. The quantitative estimate of drug-likeness (QED) is 0.647. The average Bonchev–Trinajstić information content (AvgIpc) is 3.20. The van der Waals surface area contributed by atoms with Crippen LogP contribution in [0.2, 0.25) is 5.02 Å². The Morgan fingerprint density at radius 1 is 1.31 bits per heavy atom. The lowest BCUT2D eigenvalue weighted by atomic mass is 9.99. The molecule has 5 atom stereocenters. The summed E-state index contributed by atoms with van der Waals surface area (Å²) in [5.41, 5.74) is 1.07. The lowest BCUT2D eigenvalue weighted by Crippen LogP contribution is -2.35. The van der Waals surface area contributed by atoms with Crippen LogP contribution in [0.5, 0.6) is 0 Å². The highest BCUT2D eigenvalue weighted by Crippen LogP contribution is 2.38. The molecule has 29 heavy (non-hydrogen) atoms. The van der Waals surface area contributed by atoms with Crippen LogP contribution in [0.15, 0.2) is 40.6 Å². The minimum absolute atomic E-state index is 0.0655. The van der Waals surface area contributed by atoms with Crippen LogP contribution in [0, 0.1) is 5.82 Å². The monoisotopic (exact) mass is 423 g/mol. The molecule has 0 saturated carbocycles. The first-order chi connectivity index (χ1) is 13.9. The van der Waals surface area contributed by atoms with E-state index >= 15 is 0 Å². The van der Waals surface area contributed by atoms with Crippen molar-refractivity contribution in [3.63, 3.8) is 0 Å². The van der Waals surface area contributed by atoms with E-state index in [-0.39, 0.29) is 17.8 Å². The van der Waals surface area contributed by atoms with Crippen molar-refractivity contribution in [2.45, 2.75) is 37.1 Å². The highest BCUT2D eigenvalue weighted by atomic mass is 35.5. The Morgan fingerprint density at radius 2 is 2.03 bits per heavy atom. The van der Waals surface area contributed by atoms with Gasteiger partial charge in [-0.25, -0.2) is 9.38 Å². The first kappa shape index (κ1) is 20.0. The second-order valence-electron chi connectivity index (χ2n) is 6.79. The summed E-state index contributed by atoms with van der Waals surface area (Å²) in [6.07, 6.45) is -3.27. The van der Waals surface area contributed by atoms with Crippen molar-refractivity contribution in [1.82, 2.24) is 4.57 Å². The van der Waals surface area contributed by atoms with Gasteiger partial charge in [0.1, 0.15) is 31.5 Å². The van der Waals surface area contributed by atoms with E-state index < -0.39 is 36.5 Å². The number of aliphatic hydroxyl groups excluding tert-OH is 3.